The number of aliphatic hydroxyl groups is 2. The number of unbranched alkanes of at least 4 members (excludes halogenated alkanes) is 53. The average molecular weight is 1080 g/mol. The van der Waals surface area contributed by atoms with Gasteiger partial charge in [-0.3, -0.25) is 9.59 Å². The number of amides is 1. The van der Waals surface area contributed by atoms with E-state index in [2.05, 4.69) is 31.3 Å². The number of hydrogen-bond donors (Lipinski definition) is 3. The third-order valence-electron chi connectivity index (χ3n) is 16.5. The van der Waals surface area contributed by atoms with Crippen molar-refractivity contribution >= 4 is 11.9 Å². The predicted octanol–water partition coefficient (Wildman–Crippen LogP) is 22.5. The van der Waals surface area contributed by atoms with Gasteiger partial charge in [0, 0.05) is 12.8 Å². The summed E-state index contributed by atoms with van der Waals surface area (Å²) in [6, 6.07) is -0.623. The Hall–Kier alpha value is -1.66. The highest BCUT2D eigenvalue weighted by Gasteiger charge is 2.18. The maximum absolute atomic E-state index is 12.5. The van der Waals surface area contributed by atoms with E-state index in [-0.39, 0.29) is 18.5 Å². The van der Waals surface area contributed by atoms with Crippen LogP contribution in [0, 0.1) is 0 Å². The minimum Gasteiger partial charge on any atom is -0.466 e. The quantitative estimate of drug-likeness (QED) is 0.0320. The Kier molecular flexibility index (Phi) is 65.4. The molecule has 0 bridgehead atoms. The molecule has 0 aliphatic carbocycles. The maximum Gasteiger partial charge on any atom is 0.305 e. The normalized spacial score (nSPS) is 12.6. The van der Waals surface area contributed by atoms with Crippen LogP contribution >= 0.6 is 0 Å². The van der Waals surface area contributed by atoms with Crippen LogP contribution in [0.2, 0.25) is 0 Å². The second kappa shape index (κ2) is 66.8. The minimum absolute atomic E-state index is 0.0116. The number of nitrogens with one attached hydrogen (secondary N) is 1. The van der Waals surface area contributed by atoms with Gasteiger partial charge in [0.15, 0.2) is 0 Å². The zero-order valence-electron chi connectivity index (χ0n) is 52.2. The lowest BCUT2D eigenvalue weighted by Crippen LogP contribution is -2.45. The van der Waals surface area contributed by atoms with Crippen molar-refractivity contribution in [2.45, 2.75) is 405 Å². The lowest BCUT2D eigenvalue weighted by molar-refractivity contribution is -0.143. The first kappa shape index (κ1) is 75.3. The molecule has 0 aromatic carbocycles. The minimum atomic E-state index is -0.840. The molecule has 0 heterocycles. The second-order valence-electron chi connectivity index (χ2n) is 24.2. The molecule has 0 aliphatic heterocycles. The molecule has 6 nitrogen and oxygen atoms in total. The third kappa shape index (κ3) is 63.4. The molecule has 0 aromatic heterocycles. The topological polar surface area (TPSA) is 95.9 Å². The molecule has 0 rings (SSSR count). The van der Waals surface area contributed by atoms with E-state index in [0.29, 0.717) is 19.4 Å². The van der Waals surface area contributed by atoms with E-state index < -0.39 is 12.1 Å². The van der Waals surface area contributed by atoms with E-state index in [0.717, 1.165) is 44.9 Å². The maximum atomic E-state index is 12.5. The molecule has 2 atom stereocenters. The molecule has 6 heteroatoms. The van der Waals surface area contributed by atoms with E-state index in [1.807, 2.05) is 6.08 Å². The first-order chi connectivity index (χ1) is 38.0. The number of allylic oxidation sites excluding steroid dienone is 3. The predicted molar refractivity (Wildman–Crippen MR) is 338 cm³/mol. The molecule has 2 unspecified atom stereocenters. The van der Waals surface area contributed by atoms with Gasteiger partial charge < -0.3 is 20.3 Å². The Morgan fingerprint density at radius 3 is 0.961 bits per heavy atom. The van der Waals surface area contributed by atoms with Crippen molar-refractivity contribution in [2.24, 2.45) is 0 Å². The Balaban J connectivity index is 3.31. The van der Waals surface area contributed by atoms with Crippen molar-refractivity contribution < 1.29 is 24.5 Å². The monoisotopic (exact) mass is 1080 g/mol. The summed E-state index contributed by atoms with van der Waals surface area (Å²) in [5.74, 6) is -0.0490. The Labute approximate surface area is 481 Å². The number of aliphatic hydroxyl groups excluding tert-OH is 2. The van der Waals surface area contributed by atoms with Crippen molar-refractivity contribution in [3.8, 4) is 0 Å². The average Bonchev–Trinajstić information content (AvgIpc) is 3.43. The van der Waals surface area contributed by atoms with Crippen molar-refractivity contribution in [1.82, 2.24) is 5.32 Å². The summed E-state index contributed by atoms with van der Waals surface area (Å²) in [6.07, 6.45) is 84.2. The molecule has 0 fully saturated rings. The van der Waals surface area contributed by atoms with Gasteiger partial charge in [0.2, 0.25) is 5.91 Å². The largest absolute Gasteiger partial charge is 0.466 e. The third-order valence-corrected chi connectivity index (χ3v) is 16.5. The SMILES string of the molecule is CCCC/C=C\CCCCCCCC(=O)OCCCCCCCCCCCCCCCCCCCCCCCCCCCCCCCCCCCCCC(=O)NC(CO)C(O)/C=C/CCCCCCCCCCCCCC. The van der Waals surface area contributed by atoms with Crippen LogP contribution in [0.15, 0.2) is 24.3 Å². The summed E-state index contributed by atoms with van der Waals surface area (Å²) in [6.45, 7) is 4.89. The van der Waals surface area contributed by atoms with Crippen molar-refractivity contribution in [3.63, 3.8) is 0 Å². The fourth-order valence-electron chi connectivity index (χ4n) is 11.1. The zero-order valence-corrected chi connectivity index (χ0v) is 52.2. The van der Waals surface area contributed by atoms with Crippen molar-refractivity contribution in [1.29, 1.82) is 0 Å². The lowest BCUT2D eigenvalue weighted by Gasteiger charge is -2.20. The van der Waals surface area contributed by atoms with Gasteiger partial charge in [0.25, 0.3) is 0 Å². The van der Waals surface area contributed by atoms with E-state index in [9.17, 15) is 19.8 Å². The highest BCUT2D eigenvalue weighted by Crippen LogP contribution is 2.19. The molecule has 456 valence electrons. The summed E-state index contributed by atoms with van der Waals surface area (Å²) in [7, 11) is 0. The van der Waals surface area contributed by atoms with Gasteiger partial charge in [0.1, 0.15) is 0 Å². The molecule has 0 saturated heterocycles. The number of carbonyl (C=O) groups excluding carboxylic acids is 2. The second-order valence-corrected chi connectivity index (χ2v) is 24.2. The number of rotatable bonds is 66. The van der Waals surface area contributed by atoms with E-state index in [1.54, 1.807) is 6.08 Å². The van der Waals surface area contributed by atoms with E-state index >= 15 is 0 Å². The number of carbonyl (C=O) groups is 2. The van der Waals surface area contributed by atoms with Crippen LogP contribution in [0.25, 0.3) is 0 Å². The van der Waals surface area contributed by atoms with Gasteiger partial charge in [-0.2, -0.15) is 0 Å². The molecule has 77 heavy (non-hydrogen) atoms. The van der Waals surface area contributed by atoms with Gasteiger partial charge in [-0.05, 0) is 51.4 Å². The molecule has 0 radical (unpaired) electrons. The molecule has 0 spiro atoms. The summed E-state index contributed by atoms with van der Waals surface area (Å²) in [5, 5.41) is 23.1. The summed E-state index contributed by atoms with van der Waals surface area (Å²) in [5.41, 5.74) is 0. The summed E-state index contributed by atoms with van der Waals surface area (Å²) in [4.78, 5) is 24.5. The molecule has 1 amide bonds. The van der Waals surface area contributed by atoms with Crippen LogP contribution in [0.1, 0.15) is 393 Å². The van der Waals surface area contributed by atoms with Crippen molar-refractivity contribution in [2.75, 3.05) is 13.2 Å². The van der Waals surface area contributed by atoms with Gasteiger partial charge in [-0.15, -0.1) is 0 Å². The highest BCUT2D eigenvalue weighted by molar-refractivity contribution is 5.76. The smallest absolute Gasteiger partial charge is 0.305 e. The van der Waals surface area contributed by atoms with E-state index in [1.165, 1.54) is 321 Å². The van der Waals surface area contributed by atoms with Gasteiger partial charge >= 0.3 is 5.97 Å². The van der Waals surface area contributed by atoms with Crippen LogP contribution < -0.4 is 5.32 Å². The van der Waals surface area contributed by atoms with Crippen molar-refractivity contribution in [3.05, 3.63) is 24.3 Å². The fraction of sp³-hybridized carbons (Fsp3) is 0.915. The summed E-state index contributed by atoms with van der Waals surface area (Å²) < 4.78 is 5.47. The van der Waals surface area contributed by atoms with Crippen LogP contribution in [-0.4, -0.2) is 47.4 Å². The van der Waals surface area contributed by atoms with Crippen LogP contribution in [0.4, 0.5) is 0 Å². The first-order valence-electron chi connectivity index (χ1n) is 35.1. The number of esters is 1. The Morgan fingerprint density at radius 1 is 0.351 bits per heavy atom. The van der Waals surface area contributed by atoms with Gasteiger partial charge in [-0.25, -0.2) is 0 Å². The van der Waals surface area contributed by atoms with Gasteiger partial charge in [0.05, 0.1) is 25.4 Å². The van der Waals surface area contributed by atoms with Crippen LogP contribution in [0.3, 0.4) is 0 Å². The zero-order chi connectivity index (χ0) is 55.7. The molecule has 0 saturated carbocycles. The standard InChI is InChI=1S/C71H137NO5/c1-3-5-7-9-11-13-15-16-40-44-47-51-55-59-63-69(74)68(67-73)72-70(75)64-60-56-52-48-45-41-38-36-34-32-30-28-26-24-22-20-18-17-19-21-23-25-27-29-31-33-35-37-39-42-46-50-54-58-62-66-77-71(76)65-61-57-53-49-43-14-12-10-8-6-4-2/h10,12,59,63,68-69,73-74H,3-9,11,13-58,60-62,64-67H2,1-2H3,(H,72,75)/b12-10-,63-59+. The number of hydrogen-bond acceptors (Lipinski definition) is 5. The highest BCUT2D eigenvalue weighted by atomic mass is 16.5. The molecule has 0 aromatic rings. The van der Waals surface area contributed by atoms with Gasteiger partial charge in [-0.1, -0.05) is 353 Å². The van der Waals surface area contributed by atoms with Crippen LogP contribution in [0.5, 0.6) is 0 Å². The molecular formula is C71H137NO5. The number of ether oxygens (including phenoxy) is 1. The summed E-state index contributed by atoms with van der Waals surface area (Å²) >= 11 is 0. The Bertz CT molecular complexity index is 1200. The first-order valence-corrected chi connectivity index (χ1v) is 35.1. The fourth-order valence-corrected chi connectivity index (χ4v) is 11.1. The molecule has 0 aliphatic rings. The molecule has 3 N–H and O–H groups in total. The van der Waals surface area contributed by atoms with Crippen LogP contribution in [-0.2, 0) is 14.3 Å². The molecular weight excluding hydrogens is 947 g/mol. The van der Waals surface area contributed by atoms with E-state index in [4.69, 9.17) is 4.74 Å². The Morgan fingerprint density at radius 2 is 0.623 bits per heavy atom. The lowest BCUT2D eigenvalue weighted by atomic mass is 10.0.